The monoisotopic (exact) mass is 503 g/mol. The van der Waals surface area contributed by atoms with Gasteiger partial charge in [0, 0.05) is 30.2 Å². The Bertz CT molecular complexity index is 1300. The summed E-state index contributed by atoms with van der Waals surface area (Å²) in [6, 6.07) is 1.93. The van der Waals surface area contributed by atoms with E-state index in [-0.39, 0.29) is 37.4 Å². The summed E-state index contributed by atoms with van der Waals surface area (Å²) < 4.78 is 47.6. The Morgan fingerprint density at radius 2 is 1.86 bits per heavy atom. The molecule has 3 aromatic rings. The zero-order chi connectivity index (χ0) is 25.6. The van der Waals surface area contributed by atoms with Crippen LogP contribution < -0.4 is 15.0 Å². The number of amides is 3. The molecule has 14 heteroatoms. The molecule has 0 saturated carbocycles. The Labute approximate surface area is 202 Å². The number of hydrogen-bond donors (Lipinski definition) is 2. The summed E-state index contributed by atoms with van der Waals surface area (Å²) in [7, 11) is 0. The average Bonchev–Trinajstić information content (AvgIpc) is 3.37. The summed E-state index contributed by atoms with van der Waals surface area (Å²) >= 11 is 0. The molecule has 188 valence electrons. The Hall–Kier alpha value is -4.20. The van der Waals surface area contributed by atoms with E-state index in [4.69, 9.17) is 4.74 Å². The Morgan fingerprint density at radius 3 is 2.56 bits per heavy atom. The highest BCUT2D eigenvalue weighted by molar-refractivity contribution is 6.00. The Balaban J connectivity index is 1.34. The lowest BCUT2D eigenvalue weighted by Gasteiger charge is -2.35. The molecule has 5 rings (SSSR count). The van der Waals surface area contributed by atoms with Crippen LogP contribution in [0.25, 0.3) is 0 Å². The van der Waals surface area contributed by atoms with Crippen molar-refractivity contribution in [2.75, 3.05) is 16.8 Å². The van der Waals surface area contributed by atoms with Gasteiger partial charge >= 0.3 is 12.0 Å². The SMILES string of the molecule is C[C@H]1Cn2ncc(N3C[C@@H](Oc4ncccn4)[C@H](O)C3=O)c2CN1C(=O)Nc1cc(F)c(F)c(F)c1. The summed E-state index contributed by atoms with van der Waals surface area (Å²) in [5.74, 6) is -5.10. The van der Waals surface area contributed by atoms with E-state index in [1.54, 1.807) is 17.7 Å². The van der Waals surface area contributed by atoms with Crippen LogP contribution in [0.3, 0.4) is 0 Å². The van der Waals surface area contributed by atoms with Gasteiger partial charge in [0.1, 0.15) is 0 Å². The third-order valence-electron chi connectivity index (χ3n) is 6.04. The number of nitrogens with zero attached hydrogens (tertiary/aromatic N) is 6. The molecule has 0 unspecified atom stereocenters. The topological polar surface area (TPSA) is 126 Å². The molecule has 4 heterocycles. The molecule has 3 atom stereocenters. The Morgan fingerprint density at radius 1 is 1.17 bits per heavy atom. The first-order valence-electron chi connectivity index (χ1n) is 10.9. The number of aliphatic hydroxyl groups excluding tert-OH is 1. The molecule has 3 amide bonds. The van der Waals surface area contributed by atoms with E-state index < -0.39 is 41.6 Å². The van der Waals surface area contributed by atoms with Crippen LogP contribution in [-0.2, 0) is 17.9 Å². The van der Waals surface area contributed by atoms with Gasteiger partial charge in [0.15, 0.2) is 29.7 Å². The standard InChI is InChI=1S/C22H20F3N7O4/c1-11-8-32-16(9-30(11)22(35)29-12-5-13(23)18(25)14(24)6-12)15(7-28-32)31-10-17(19(33)20(31)34)36-21-26-3-2-4-27-21/h2-7,11,17,19,33H,8-10H2,1H3,(H,29,35)/t11-,17+,19-/m0/s1. The van der Waals surface area contributed by atoms with E-state index in [1.165, 1.54) is 28.4 Å². The van der Waals surface area contributed by atoms with Gasteiger partial charge in [-0.15, -0.1) is 0 Å². The van der Waals surface area contributed by atoms with Crippen molar-refractivity contribution in [3.05, 3.63) is 59.9 Å². The maximum Gasteiger partial charge on any atom is 0.322 e. The highest BCUT2D eigenvalue weighted by atomic mass is 19.2. The fourth-order valence-electron chi connectivity index (χ4n) is 4.20. The van der Waals surface area contributed by atoms with Gasteiger partial charge in [-0.05, 0) is 13.0 Å². The van der Waals surface area contributed by atoms with Crippen molar-refractivity contribution < 1.29 is 32.6 Å². The van der Waals surface area contributed by atoms with Crippen LogP contribution in [-0.4, -0.2) is 66.5 Å². The minimum absolute atomic E-state index is 0.00167. The van der Waals surface area contributed by atoms with Crippen molar-refractivity contribution in [1.82, 2.24) is 24.6 Å². The number of nitrogens with one attached hydrogen (secondary N) is 1. The second-order valence-electron chi connectivity index (χ2n) is 8.40. The molecule has 1 saturated heterocycles. The van der Waals surface area contributed by atoms with Crippen molar-refractivity contribution in [2.45, 2.75) is 38.3 Å². The van der Waals surface area contributed by atoms with E-state index in [0.717, 1.165) is 0 Å². The minimum atomic E-state index is -1.63. The van der Waals surface area contributed by atoms with Crippen LogP contribution in [0.4, 0.5) is 29.3 Å². The van der Waals surface area contributed by atoms with E-state index in [2.05, 4.69) is 20.4 Å². The zero-order valence-electron chi connectivity index (χ0n) is 18.8. The lowest BCUT2D eigenvalue weighted by atomic mass is 10.2. The first-order chi connectivity index (χ1) is 17.2. The van der Waals surface area contributed by atoms with Gasteiger partial charge in [0.2, 0.25) is 0 Å². The molecule has 2 aromatic heterocycles. The van der Waals surface area contributed by atoms with Crippen LogP contribution in [0.15, 0.2) is 36.8 Å². The van der Waals surface area contributed by atoms with Crippen LogP contribution in [0.5, 0.6) is 6.01 Å². The molecule has 0 spiro atoms. The summed E-state index contributed by atoms with van der Waals surface area (Å²) in [5, 5.41) is 17.1. The van der Waals surface area contributed by atoms with Gasteiger partial charge < -0.3 is 25.0 Å². The van der Waals surface area contributed by atoms with Gasteiger partial charge in [-0.2, -0.15) is 5.10 Å². The predicted octanol–water partition coefficient (Wildman–Crippen LogP) is 1.68. The number of aromatic nitrogens is 4. The number of rotatable bonds is 4. The van der Waals surface area contributed by atoms with Gasteiger partial charge in [0.05, 0.1) is 43.3 Å². The fourth-order valence-corrected chi connectivity index (χ4v) is 4.20. The van der Waals surface area contributed by atoms with Crippen molar-refractivity contribution >= 4 is 23.3 Å². The normalized spacial score (nSPS) is 21.5. The van der Waals surface area contributed by atoms with Gasteiger partial charge in [-0.25, -0.2) is 27.9 Å². The molecule has 0 bridgehead atoms. The summed E-state index contributed by atoms with van der Waals surface area (Å²) in [5.41, 5.74) is 0.642. The minimum Gasteiger partial charge on any atom is -0.455 e. The molecule has 0 radical (unpaired) electrons. The van der Waals surface area contributed by atoms with Crippen LogP contribution >= 0.6 is 0 Å². The number of carbonyl (C=O) groups excluding carboxylic acids is 2. The fraction of sp³-hybridized carbons (Fsp3) is 0.318. The van der Waals surface area contributed by atoms with Gasteiger partial charge in [-0.1, -0.05) is 0 Å². The summed E-state index contributed by atoms with van der Waals surface area (Å²) in [4.78, 5) is 36.3. The number of fused-ring (bicyclic) bond motifs is 1. The van der Waals surface area contributed by atoms with Crippen molar-refractivity contribution in [2.24, 2.45) is 0 Å². The molecule has 1 fully saturated rings. The number of urea groups is 1. The largest absolute Gasteiger partial charge is 0.455 e. The molecule has 36 heavy (non-hydrogen) atoms. The molecular formula is C22H20F3N7O4. The molecule has 2 aliphatic rings. The number of carbonyl (C=O) groups is 2. The second-order valence-corrected chi connectivity index (χ2v) is 8.40. The van der Waals surface area contributed by atoms with Crippen LogP contribution in [0.2, 0.25) is 0 Å². The molecule has 0 aliphatic carbocycles. The summed E-state index contributed by atoms with van der Waals surface area (Å²) in [6.07, 6.45) is 2.00. The lowest BCUT2D eigenvalue weighted by molar-refractivity contribution is -0.126. The first kappa shape index (κ1) is 23.5. The van der Waals surface area contributed by atoms with E-state index in [0.29, 0.717) is 23.5 Å². The van der Waals surface area contributed by atoms with Crippen molar-refractivity contribution in [1.29, 1.82) is 0 Å². The van der Waals surface area contributed by atoms with Crippen LogP contribution in [0.1, 0.15) is 12.6 Å². The van der Waals surface area contributed by atoms with E-state index >= 15 is 0 Å². The maximum absolute atomic E-state index is 13.6. The zero-order valence-corrected chi connectivity index (χ0v) is 18.8. The van der Waals surface area contributed by atoms with Crippen molar-refractivity contribution in [3.63, 3.8) is 0 Å². The molecular weight excluding hydrogens is 483 g/mol. The van der Waals surface area contributed by atoms with Gasteiger partial charge in [-0.3, -0.25) is 9.48 Å². The van der Waals surface area contributed by atoms with E-state index in [9.17, 15) is 27.9 Å². The number of halogens is 3. The van der Waals surface area contributed by atoms with Gasteiger partial charge in [0.25, 0.3) is 5.91 Å². The molecule has 1 aromatic carbocycles. The highest BCUT2D eigenvalue weighted by Gasteiger charge is 2.44. The number of hydrogen-bond acceptors (Lipinski definition) is 7. The number of ether oxygens (including phenoxy) is 1. The molecule has 2 N–H and O–H groups in total. The highest BCUT2D eigenvalue weighted by Crippen LogP contribution is 2.31. The lowest BCUT2D eigenvalue weighted by Crippen LogP contribution is -2.47. The average molecular weight is 503 g/mol. The maximum atomic E-state index is 13.6. The quantitative estimate of drug-likeness (QED) is 0.519. The predicted molar refractivity (Wildman–Crippen MR) is 117 cm³/mol. The smallest absolute Gasteiger partial charge is 0.322 e. The Kier molecular flexibility index (Phi) is 5.96. The second kappa shape index (κ2) is 9.11. The third-order valence-corrected chi connectivity index (χ3v) is 6.04. The van der Waals surface area contributed by atoms with Crippen molar-refractivity contribution in [3.8, 4) is 6.01 Å². The first-order valence-corrected chi connectivity index (χ1v) is 10.9. The van der Waals surface area contributed by atoms with Crippen LogP contribution in [0, 0.1) is 17.5 Å². The van der Waals surface area contributed by atoms with E-state index in [1.807, 2.05) is 0 Å². The number of aliphatic hydroxyl groups is 1. The summed E-state index contributed by atoms with van der Waals surface area (Å²) in [6.45, 7) is 2.02. The molecule has 2 aliphatic heterocycles. The number of anilines is 2. The molecule has 11 nitrogen and oxygen atoms in total. The third kappa shape index (κ3) is 4.19. The number of benzene rings is 1.